The molecular formula is C22H16FN5O2. The molecule has 0 fully saturated rings. The summed E-state index contributed by atoms with van der Waals surface area (Å²) >= 11 is 0. The summed E-state index contributed by atoms with van der Waals surface area (Å²) < 4.78 is 20.0. The van der Waals surface area contributed by atoms with E-state index in [2.05, 4.69) is 21.5 Å². The summed E-state index contributed by atoms with van der Waals surface area (Å²) in [7, 11) is 0. The average Bonchev–Trinajstić information content (AvgIpc) is 3.12. The molecule has 30 heavy (non-hydrogen) atoms. The van der Waals surface area contributed by atoms with Crippen LogP contribution in [-0.4, -0.2) is 27.2 Å². The summed E-state index contributed by atoms with van der Waals surface area (Å²) in [5.41, 5.74) is 2.28. The van der Waals surface area contributed by atoms with Crippen molar-refractivity contribution in [1.82, 2.24) is 14.6 Å². The first-order valence-corrected chi connectivity index (χ1v) is 9.19. The summed E-state index contributed by atoms with van der Waals surface area (Å²) in [6.07, 6.45) is 1.37. The van der Waals surface area contributed by atoms with Gasteiger partial charge in [-0.25, -0.2) is 18.7 Å². The molecular weight excluding hydrogens is 385 g/mol. The van der Waals surface area contributed by atoms with E-state index >= 15 is 0 Å². The van der Waals surface area contributed by atoms with Crippen LogP contribution in [0.4, 0.5) is 15.9 Å². The highest BCUT2D eigenvalue weighted by Gasteiger charge is 2.25. The quantitative estimate of drug-likeness (QED) is 0.501. The second kappa shape index (κ2) is 8.01. The molecule has 0 aliphatic carbocycles. The van der Waals surface area contributed by atoms with E-state index in [0.29, 0.717) is 11.3 Å². The maximum Gasteiger partial charge on any atom is 0.345 e. The Labute approximate surface area is 171 Å². The van der Waals surface area contributed by atoms with Gasteiger partial charge in [-0.3, -0.25) is 0 Å². The summed E-state index contributed by atoms with van der Waals surface area (Å²) in [5, 5.41) is 17.2. The molecule has 1 N–H and O–H groups in total. The number of hydrogen-bond acceptors (Lipinski definition) is 6. The lowest BCUT2D eigenvalue weighted by molar-refractivity contribution is 0.0529. The zero-order valence-electron chi connectivity index (χ0n) is 16.0. The maximum absolute atomic E-state index is 13.4. The van der Waals surface area contributed by atoms with E-state index in [4.69, 9.17) is 4.74 Å². The third kappa shape index (κ3) is 3.44. The van der Waals surface area contributed by atoms with Crippen LogP contribution in [0.3, 0.4) is 0 Å². The molecule has 0 atom stereocenters. The van der Waals surface area contributed by atoms with Gasteiger partial charge in [-0.05, 0) is 43.3 Å². The number of halogens is 1. The zero-order valence-corrected chi connectivity index (χ0v) is 16.0. The first-order chi connectivity index (χ1) is 14.6. The Kier molecular flexibility index (Phi) is 5.09. The van der Waals surface area contributed by atoms with Gasteiger partial charge in [0.2, 0.25) is 0 Å². The van der Waals surface area contributed by atoms with E-state index in [1.54, 1.807) is 19.1 Å². The summed E-state index contributed by atoms with van der Waals surface area (Å²) in [4.78, 5) is 17.0. The molecule has 0 unspecified atom stereocenters. The van der Waals surface area contributed by atoms with Crippen LogP contribution in [-0.2, 0) is 4.74 Å². The third-order valence-electron chi connectivity index (χ3n) is 4.40. The molecule has 0 saturated carbocycles. The molecule has 0 amide bonds. The first kappa shape index (κ1) is 19.1. The maximum atomic E-state index is 13.4. The number of para-hydroxylation sites is 1. The van der Waals surface area contributed by atoms with Gasteiger partial charge in [0.25, 0.3) is 0 Å². The Bertz CT molecular complexity index is 1260. The van der Waals surface area contributed by atoms with Crippen molar-refractivity contribution in [1.29, 1.82) is 5.26 Å². The Morgan fingerprint density at radius 3 is 2.60 bits per heavy atom. The summed E-state index contributed by atoms with van der Waals surface area (Å²) in [6.45, 7) is 1.89. The number of nitrogens with one attached hydrogen (secondary N) is 1. The Balaban J connectivity index is 1.98. The highest BCUT2D eigenvalue weighted by atomic mass is 19.1. The van der Waals surface area contributed by atoms with Gasteiger partial charge < -0.3 is 10.1 Å². The topological polar surface area (TPSA) is 92.3 Å². The number of hydrogen-bond donors (Lipinski definition) is 1. The highest BCUT2D eigenvalue weighted by Crippen LogP contribution is 2.30. The van der Waals surface area contributed by atoms with Crippen LogP contribution in [0, 0.1) is 17.1 Å². The number of carbonyl (C=O) groups excluding carboxylic acids is 1. The number of ether oxygens (including phenoxy) is 1. The van der Waals surface area contributed by atoms with Crippen LogP contribution < -0.4 is 5.32 Å². The van der Waals surface area contributed by atoms with Crippen LogP contribution in [0.2, 0.25) is 0 Å². The molecule has 2 heterocycles. The molecule has 2 aromatic carbocycles. The molecule has 7 nitrogen and oxygen atoms in total. The van der Waals surface area contributed by atoms with Gasteiger partial charge >= 0.3 is 5.97 Å². The number of benzene rings is 2. The molecule has 0 aliphatic rings. The van der Waals surface area contributed by atoms with Gasteiger partial charge in [0.15, 0.2) is 11.5 Å². The van der Waals surface area contributed by atoms with Gasteiger partial charge in [-0.1, -0.05) is 18.2 Å². The number of esters is 1. The first-order valence-electron chi connectivity index (χ1n) is 9.19. The van der Waals surface area contributed by atoms with Crippen molar-refractivity contribution < 1.29 is 13.9 Å². The lowest BCUT2D eigenvalue weighted by Gasteiger charge is -2.07. The molecule has 0 spiro atoms. The third-order valence-corrected chi connectivity index (χ3v) is 4.40. The standard InChI is InChI=1S/C22H16FN5O2/c1-2-30-22(29)18-20(26-17-6-4-3-5-7-17)27-28-19(14-8-10-16(23)11-9-14)15(12-24)13-25-21(18)28/h3-11,13H,2H2,1H3,(H,26,27). The largest absolute Gasteiger partial charge is 0.462 e. The monoisotopic (exact) mass is 401 g/mol. The smallest absolute Gasteiger partial charge is 0.345 e. The van der Waals surface area contributed by atoms with Crippen molar-refractivity contribution >= 4 is 23.1 Å². The summed E-state index contributed by atoms with van der Waals surface area (Å²) in [6, 6.07) is 17.0. The molecule has 4 aromatic rings. The Morgan fingerprint density at radius 1 is 1.20 bits per heavy atom. The molecule has 4 rings (SSSR count). The molecule has 8 heteroatoms. The van der Waals surface area contributed by atoms with E-state index in [9.17, 15) is 14.4 Å². The van der Waals surface area contributed by atoms with Crippen LogP contribution in [0.15, 0.2) is 60.8 Å². The van der Waals surface area contributed by atoms with E-state index in [-0.39, 0.29) is 29.2 Å². The molecule has 148 valence electrons. The number of nitriles is 1. The number of rotatable bonds is 5. The van der Waals surface area contributed by atoms with Crippen LogP contribution >= 0.6 is 0 Å². The van der Waals surface area contributed by atoms with E-state index in [0.717, 1.165) is 5.69 Å². The predicted molar refractivity (Wildman–Crippen MR) is 109 cm³/mol. The molecule has 0 aliphatic heterocycles. The molecule has 0 radical (unpaired) electrons. The minimum Gasteiger partial charge on any atom is -0.462 e. The fraction of sp³-hybridized carbons (Fsp3) is 0.0909. The van der Waals surface area contributed by atoms with Crippen molar-refractivity contribution in [2.75, 3.05) is 11.9 Å². The number of aromatic nitrogens is 3. The van der Waals surface area contributed by atoms with Crippen LogP contribution in [0.1, 0.15) is 22.8 Å². The van der Waals surface area contributed by atoms with E-state index in [1.807, 2.05) is 30.3 Å². The van der Waals surface area contributed by atoms with Gasteiger partial charge in [0, 0.05) is 17.4 Å². The predicted octanol–water partition coefficient (Wildman–Crippen LogP) is 4.33. The van der Waals surface area contributed by atoms with Crippen molar-refractivity contribution in [2.24, 2.45) is 0 Å². The zero-order chi connectivity index (χ0) is 21.1. The van der Waals surface area contributed by atoms with Gasteiger partial charge in [-0.15, -0.1) is 5.10 Å². The Hall–Kier alpha value is -4.25. The lowest BCUT2D eigenvalue weighted by Crippen LogP contribution is -2.08. The van der Waals surface area contributed by atoms with E-state index < -0.39 is 11.8 Å². The fourth-order valence-corrected chi connectivity index (χ4v) is 3.09. The van der Waals surface area contributed by atoms with Crippen LogP contribution in [0.5, 0.6) is 0 Å². The van der Waals surface area contributed by atoms with Crippen molar-refractivity contribution in [3.05, 3.63) is 77.7 Å². The van der Waals surface area contributed by atoms with Gasteiger partial charge in [0.05, 0.1) is 17.9 Å². The number of anilines is 2. The molecule has 0 saturated heterocycles. The minimum absolute atomic E-state index is 0.147. The van der Waals surface area contributed by atoms with Gasteiger partial charge in [0.1, 0.15) is 17.4 Å². The SMILES string of the molecule is CCOC(=O)c1c(Nc2ccccc2)nn2c(-c3ccc(F)cc3)c(C#N)cnc12. The summed E-state index contributed by atoms with van der Waals surface area (Å²) in [5.74, 6) is -0.750. The second-order valence-electron chi connectivity index (χ2n) is 6.31. The van der Waals surface area contributed by atoms with Crippen molar-refractivity contribution in [3.63, 3.8) is 0 Å². The average molecular weight is 401 g/mol. The lowest BCUT2D eigenvalue weighted by atomic mass is 10.1. The molecule has 2 aromatic heterocycles. The minimum atomic E-state index is -0.590. The van der Waals surface area contributed by atoms with E-state index in [1.165, 1.54) is 22.8 Å². The number of nitrogens with zero attached hydrogens (tertiary/aromatic N) is 4. The van der Waals surface area contributed by atoms with Crippen molar-refractivity contribution in [3.8, 4) is 17.3 Å². The van der Waals surface area contributed by atoms with Gasteiger partial charge in [-0.2, -0.15) is 5.26 Å². The molecule has 0 bridgehead atoms. The normalized spacial score (nSPS) is 10.6. The highest BCUT2D eigenvalue weighted by molar-refractivity contribution is 6.02. The van der Waals surface area contributed by atoms with Crippen molar-refractivity contribution in [2.45, 2.75) is 6.92 Å². The fourth-order valence-electron chi connectivity index (χ4n) is 3.09. The number of fused-ring (bicyclic) bond motifs is 1. The Morgan fingerprint density at radius 2 is 1.93 bits per heavy atom. The van der Waals surface area contributed by atoms with Crippen LogP contribution in [0.25, 0.3) is 16.9 Å². The number of carbonyl (C=O) groups is 1. The second-order valence-corrected chi connectivity index (χ2v) is 6.31.